The SMILES string of the molecule is CC(C)N1CCCC(CN)(N2CCN(C3CC3)CC2)CC1. The van der Waals surface area contributed by atoms with E-state index in [1.165, 1.54) is 71.4 Å². The molecular formula is C17H34N4. The maximum Gasteiger partial charge on any atom is 0.0345 e. The summed E-state index contributed by atoms with van der Waals surface area (Å²) in [4.78, 5) is 8.09. The van der Waals surface area contributed by atoms with Gasteiger partial charge in [-0.05, 0) is 52.5 Å². The van der Waals surface area contributed by atoms with E-state index in [9.17, 15) is 0 Å². The van der Waals surface area contributed by atoms with Crippen molar-refractivity contribution in [2.45, 2.75) is 63.6 Å². The molecule has 3 aliphatic rings. The fraction of sp³-hybridized carbons (Fsp3) is 1.00. The van der Waals surface area contributed by atoms with Gasteiger partial charge in [0.15, 0.2) is 0 Å². The molecule has 0 aromatic carbocycles. The maximum atomic E-state index is 6.29. The minimum Gasteiger partial charge on any atom is -0.329 e. The average molecular weight is 294 g/mol. The predicted octanol–water partition coefficient (Wildman–Crippen LogP) is 1.36. The molecule has 4 heteroatoms. The number of nitrogens with two attached hydrogens (primary N) is 1. The van der Waals surface area contributed by atoms with Gasteiger partial charge in [0.2, 0.25) is 0 Å². The third-order valence-electron chi connectivity index (χ3n) is 6.11. The Bertz CT molecular complexity index is 334. The Hall–Kier alpha value is -0.160. The summed E-state index contributed by atoms with van der Waals surface area (Å²) < 4.78 is 0. The van der Waals surface area contributed by atoms with E-state index in [0.717, 1.165) is 12.6 Å². The van der Waals surface area contributed by atoms with Crippen molar-refractivity contribution < 1.29 is 0 Å². The van der Waals surface area contributed by atoms with Gasteiger partial charge in [-0.25, -0.2) is 0 Å². The predicted molar refractivity (Wildman–Crippen MR) is 88.5 cm³/mol. The third-order valence-corrected chi connectivity index (χ3v) is 6.11. The molecule has 0 aromatic heterocycles. The molecule has 0 aromatic rings. The van der Waals surface area contributed by atoms with Crippen molar-refractivity contribution in [1.82, 2.24) is 14.7 Å². The maximum absolute atomic E-state index is 6.29. The second kappa shape index (κ2) is 6.53. The number of piperazine rings is 1. The molecular weight excluding hydrogens is 260 g/mol. The van der Waals surface area contributed by atoms with E-state index >= 15 is 0 Å². The fourth-order valence-electron chi connectivity index (χ4n) is 4.37. The van der Waals surface area contributed by atoms with Gasteiger partial charge in [0, 0.05) is 56.9 Å². The van der Waals surface area contributed by atoms with Crippen LogP contribution in [0.1, 0.15) is 46.0 Å². The van der Waals surface area contributed by atoms with Crippen molar-refractivity contribution in [2.24, 2.45) is 5.73 Å². The Labute approximate surface area is 130 Å². The van der Waals surface area contributed by atoms with E-state index in [4.69, 9.17) is 5.73 Å². The van der Waals surface area contributed by atoms with Crippen molar-refractivity contribution in [2.75, 3.05) is 45.8 Å². The molecule has 3 rings (SSSR count). The van der Waals surface area contributed by atoms with Gasteiger partial charge in [0.05, 0.1) is 0 Å². The minimum absolute atomic E-state index is 0.277. The van der Waals surface area contributed by atoms with Crippen LogP contribution in [-0.2, 0) is 0 Å². The van der Waals surface area contributed by atoms with Gasteiger partial charge in [0.1, 0.15) is 0 Å². The highest BCUT2D eigenvalue weighted by molar-refractivity contribution is 4.98. The second-order valence-corrected chi connectivity index (χ2v) is 7.67. The van der Waals surface area contributed by atoms with E-state index in [-0.39, 0.29) is 5.54 Å². The molecule has 1 unspecified atom stereocenters. The first kappa shape index (κ1) is 15.7. The van der Waals surface area contributed by atoms with Gasteiger partial charge in [-0.15, -0.1) is 0 Å². The highest BCUT2D eigenvalue weighted by Gasteiger charge is 2.40. The monoisotopic (exact) mass is 294 g/mol. The first-order chi connectivity index (χ1) is 10.1. The zero-order valence-corrected chi connectivity index (χ0v) is 14.1. The smallest absolute Gasteiger partial charge is 0.0345 e. The Morgan fingerprint density at radius 1 is 1.00 bits per heavy atom. The molecule has 1 aliphatic carbocycles. The van der Waals surface area contributed by atoms with Crippen LogP contribution in [0.15, 0.2) is 0 Å². The Morgan fingerprint density at radius 2 is 1.71 bits per heavy atom. The van der Waals surface area contributed by atoms with Crippen molar-refractivity contribution in [3.63, 3.8) is 0 Å². The Balaban J connectivity index is 1.60. The summed E-state index contributed by atoms with van der Waals surface area (Å²) in [6.07, 6.45) is 6.72. The van der Waals surface area contributed by atoms with Gasteiger partial charge in [-0.1, -0.05) is 0 Å². The van der Waals surface area contributed by atoms with Crippen molar-refractivity contribution in [3.05, 3.63) is 0 Å². The first-order valence-electron chi connectivity index (χ1n) is 9.08. The van der Waals surface area contributed by atoms with E-state index in [1.807, 2.05) is 0 Å². The largest absolute Gasteiger partial charge is 0.329 e. The lowest BCUT2D eigenvalue weighted by atomic mass is 9.87. The lowest BCUT2D eigenvalue weighted by molar-refractivity contribution is 0.0236. The molecule has 2 heterocycles. The van der Waals surface area contributed by atoms with Crippen LogP contribution in [-0.4, -0.2) is 78.1 Å². The van der Waals surface area contributed by atoms with E-state index < -0.39 is 0 Å². The number of hydrogen-bond donors (Lipinski definition) is 1. The summed E-state index contributed by atoms with van der Waals surface area (Å²) in [7, 11) is 0. The van der Waals surface area contributed by atoms with E-state index in [1.54, 1.807) is 0 Å². The van der Waals surface area contributed by atoms with Crippen LogP contribution in [0, 0.1) is 0 Å². The summed E-state index contributed by atoms with van der Waals surface area (Å²) in [6, 6.07) is 1.59. The fourth-order valence-corrected chi connectivity index (χ4v) is 4.37. The highest BCUT2D eigenvalue weighted by Crippen LogP contribution is 2.32. The highest BCUT2D eigenvalue weighted by atomic mass is 15.3. The molecule has 2 N–H and O–H groups in total. The van der Waals surface area contributed by atoms with E-state index in [2.05, 4.69) is 28.5 Å². The Kier molecular flexibility index (Phi) is 4.89. The zero-order valence-electron chi connectivity index (χ0n) is 14.1. The molecule has 122 valence electrons. The molecule has 0 bridgehead atoms. The summed E-state index contributed by atoms with van der Waals surface area (Å²) in [5.74, 6) is 0. The van der Waals surface area contributed by atoms with Gasteiger partial charge in [0.25, 0.3) is 0 Å². The molecule has 0 radical (unpaired) electrons. The quantitative estimate of drug-likeness (QED) is 0.849. The Morgan fingerprint density at radius 3 is 2.29 bits per heavy atom. The van der Waals surface area contributed by atoms with E-state index in [0.29, 0.717) is 6.04 Å². The minimum atomic E-state index is 0.277. The van der Waals surface area contributed by atoms with Crippen LogP contribution >= 0.6 is 0 Å². The van der Waals surface area contributed by atoms with Crippen LogP contribution in [0.2, 0.25) is 0 Å². The van der Waals surface area contributed by atoms with Crippen LogP contribution in [0.4, 0.5) is 0 Å². The lowest BCUT2D eigenvalue weighted by Gasteiger charge is -2.47. The average Bonchev–Trinajstić information content (AvgIpc) is 3.34. The number of rotatable bonds is 4. The molecule has 2 aliphatic heterocycles. The van der Waals surface area contributed by atoms with Gasteiger partial charge in [-0.2, -0.15) is 0 Å². The lowest BCUT2D eigenvalue weighted by Crippen LogP contribution is -2.60. The van der Waals surface area contributed by atoms with Crippen LogP contribution < -0.4 is 5.73 Å². The third kappa shape index (κ3) is 3.44. The number of nitrogens with zero attached hydrogens (tertiary/aromatic N) is 3. The summed E-state index contributed by atoms with van der Waals surface area (Å²) in [6.45, 7) is 12.9. The standard InChI is InChI=1S/C17H34N4/c1-15(2)19-8-3-6-17(14-18,7-9-19)21-12-10-20(11-13-21)16-4-5-16/h15-16H,3-14,18H2,1-2H3. The molecule has 3 fully saturated rings. The number of likely N-dealkylation sites (tertiary alicyclic amines) is 1. The molecule has 1 saturated carbocycles. The van der Waals surface area contributed by atoms with Crippen LogP contribution in [0.25, 0.3) is 0 Å². The second-order valence-electron chi connectivity index (χ2n) is 7.67. The normalized spacial score (nSPS) is 34.3. The van der Waals surface area contributed by atoms with Gasteiger partial charge < -0.3 is 10.6 Å². The molecule has 0 spiro atoms. The van der Waals surface area contributed by atoms with Crippen LogP contribution in [0.3, 0.4) is 0 Å². The molecule has 1 atom stereocenters. The first-order valence-corrected chi connectivity index (χ1v) is 9.08. The molecule has 2 saturated heterocycles. The molecule has 4 nitrogen and oxygen atoms in total. The number of hydrogen-bond acceptors (Lipinski definition) is 4. The van der Waals surface area contributed by atoms with Gasteiger partial charge >= 0.3 is 0 Å². The van der Waals surface area contributed by atoms with Gasteiger partial charge in [-0.3, -0.25) is 9.80 Å². The summed E-state index contributed by atoms with van der Waals surface area (Å²) >= 11 is 0. The summed E-state index contributed by atoms with van der Waals surface area (Å²) in [5, 5.41) is 0. The van der Waals surface area contributed by atoms with Crippen molar-refractivity contribution >= 4 is 0 Å². The van der Waals surface area contributed by atoms with Crippen molar-refractivity contribution in [3.8, 4) is 0 Å². The summed E-state index contributed by atoms with van der Waals surface area (Å²) in [5.41, 5.74) is 6.57. The van der Waals surface area contributed by atoms with Crippen LogP contribution in [0.5, 0.6) is 0 Å². The zero-order chi connectivity index (χ0) is 14.9. The molecule has 0 amide bonds. The van der Waals surface area contributed by atoms with Crippen molar-refractivity contribution in [1.29, 1.82) is 0 Å². The molecule has 21 heavy (non-hydrogen) atoms. The topological polar surface area (TPSA) is 35.7 Å².